The molecule has 2 heterocycles. The molecule has 0 N–H and O–H groups in total. The Kier molecular flexibility index (Phi) is 5.29. The number of thiophene rings is 1. The van der Waals surface area contributed by atoms with Crippen LogP contribution in [0.5, 0.6) is 0 Å². The predicted octanol–water partition coefficient (Wildman–Crippen LogP) is 6.41. The van der Waals surface area contributed by atoms with Gasteiger partial charge in [0.2, 0.25) is 0 Å². The summed E-state index contributed by atoms with van der Waals surface area (Å²) in [6.45, 7) is 10.5. The van der Waals surface area contributed by atoms with Gasteiger partial charge in [-0.1, -0.05) is 74.2 Å². The second-order valence-corrected chi connectivity index (χ2v) is 8.57. The molecule has 0 bridgehead atoms. The average molecular weight is 374 g/mol. The summed E-state index contributed by atoms with van der Waals surface area (Å²) in [5, 5.41) is 0. The summed E-state index contributed by atoms with van der Waals surface area (Å²) in [7, 11) is 0. The van der Waals surface area contributed by atoms with Crippen LogP contribution in [0.2, 0.25) is 0 Å². The van der Waals surface area contributed by atoms with Gasteiger partial charge in [0.25, 0.3) is 0 Å². The SMILES string of the molecule is C=Cc1ccc(CN2CCc3c(sc(C)c3CC)[C@@H]2c2ccccc2)cc1. The predicted molar refractivity (Wildman–Crippen MR) is 117 cm³/mol. The zero-order valence-electron chi connectivity index (χ0n) is 16.2. The lowest BCUT2D eigenvalue weighted by atomic mass is 9.91. The second-order valence-electron chi connectivity index (χ2n) is 7.31. The number of hydrogen-bond acceptors (Lipinski definition) is 2. The summed E-state index contributed by atoms with van der Waals surface area (Å²) in [4.78, 5) is 5.71. The van der Waals surface area contributed by atoms with E-state index in [0.717, 1.165) is 25.9 Å². The highest BCUT2D eigenvalue weighted by Gasteiger charge is 2.32. The van der Waals surface area contributed by atoms with Crippen LogP contribution in [0.15, 0.2) is 61.2 Å². The van der Waals surface area contributed by atoms with E-state index in [0.29, 0.717) is 6.04 Å². The molecular formula is C25H27NS. The quantitative estimate of drug-likeness (QED) is 0.499. The molecule has 138 valence electrons. The van der Waals surface area contributed by atoms with Crippen molar-refractivity contribution in [3.8, 4) is 0 Å². The van der Waals surface area contributed by atoms with Crippen LogP contribution in [-0.2, 0) is 19.4 Å². The lowest BCUT2D eigenvalue weighted by Crippen LogP contribution is -2.35. The third-order valence-corrected chi connectivity index (χ3v) is 6.92. The first-order valence-corrected chi connectivity index (χ1v) is 10.6. The fourth-order valence-electron chi connectivity index (χ4n) is 4.32. The van der Waals surface area contributed by atoms with E-state index in [1.165, 1.54) is 21.6 Å². The average Bonchev–Trinajstić information content (AvgIpc) is 3.04. The minimum Gasteiger partial charge on any atom is -0.287 e. The molecule has 0 aliphatic carbocycles. The molecule has 2 heteroatoms. The molecule has 0 radical (unpaired) electrons. The molecule has 4 rings (SSSR count). The molecule has 0 saturated carbocycles. The zero-order valence-corrected chi connectivity index (χ0v) is 17.1. The van der Waals surface area contributed by atoms with Crippen molar-refractivity contribution < 1.29 is 0 Å². The van der Waals surface area contributed by atoms with E-state index in [-0.39, 0.29) is 0 Å². The summed E-state index contributed by atoms with van der Waals surface area (Å²) < 4.78 is 0. The van der Waals surface area contributed by atoms with Gasteiger partial charge in [0.15, 0.2) is 0 Å². The van der Waals surface area contributed by atoms with E-state index in [1.807, 2.05) is 17.4 Å². The van der Waals surface area contributed by atoms with Gasteiger partial charge in [-0.25, -0.2) is 0 Å². The van der Waals surface area contributed by atoms with Crippen LogP contribution in [0, 0.1) is 6.92 Å². The monoisotopic (exact) mass is 373 g/mol. The molecule has 0 fully saturated rings. The maximum atomic E-state index is 3.86. The van der Waals surface area contributed by atoms with E-state index in [4.69, 9.17) is 0 Å². The summed E-state index contributed by atoms with van der Waals surface area (Å²) in [6, 6.07) is 20.2. The molecule has 0 unspecified atom stereocenters. The summed E-state index contributed by atoms with van der Waals surface area (Å²) >= 11 is 2.01. The summed E-state index contributed by atoms with van der Waals surface area (Å²) in [5.74, 6) is 0. The Bertz CT molecular complexity index is 921. The third-order valence-electron chi connectivity index (χ3n) is 5.68. The Morgan fingerprint density at radius 2 is 1.85 bits per heavy atom. The van der Waals surface area contributed by atoms with Crippen LogP contribution >= 0.6 is 11.3 Å². The molecule has 0 amide bonds. The van der Waals surface area contributed by atoms with E-state index in [1.54, 1.807) is 16.0 Å². The van der Waals surface area contributed by atoms with Gasteiger partial charge in [0, 0.05) is 22.8 Å². The molecule has 1 atom stereocenters. The van der Waals surface area contributed by atoms with Crippen LogP contribution < -0.4 is 0 Å². The molecule has 2 aromatic carbocycles. The van der Waals surface area contributed by atoms with Crippen molar-refractivity contribution in [1.82, 2.24) is 4.90 Å². The van der Waals surface area contributed by atoms with Crippen molar-refractivity contribution in [2.75, 3.05) is 6.54 Å². The summed E-state index contributed by atoms with van der Waals surface area (Å²) in [5.41, 5.74) is 7.16. The van der Waals surface area contributed by atoms with Crippen molar-refractivity contribution in [2.45, 2.75) is 39.3 Å². The fraction of sp³-hybridized carbons (Fsp3) is 0.280. The van der Waals surface area contributed by atoms with Gasteiger partial charge >= 0.3 is 0 Å². The Morgan fingerprint density at radius 1 is 1.11 bits per heavy atom. The Balaban J connectivity index is 1.72. The van der Waals surface area contributed by atoms with Gasteiger partial charge in [-0.05, 0) is 47.6 Å². The van der Waals surface area contributed by atoms with E-state index < -0.39 is 0 Å². The topological polar surface area (TPSA) is 3.24 Å². The highest BCUT2D eigenvalue weighted by Crippen LogP contribution is 2.43. The first-order chi connectivity index (χ1) is 13.2. The molecule has 1 nitrogen and oxygen atoms in total. The first kappa shape index (κ1) is 18.2. The largest absolute Gasteiger partial charge is 0.287 e. The minimum absolute atomic E-state index is 0.359. The van der Waals surface area contributed by atoms with Crippen molar-refractivity contribution in [2.24, 2.45) is 0 Å². The van der Waals surface area contributed by atoms with Gasteiger partial charge in [-0.15, -0.1) is 11.3 Å². The Morgan fingerprint density at radius 3 is 2.52 bits per heavy atom. The van der Waals surface area contributed by atoms with Crippen molar-refractivity contribution in [1.29, 1.82) is 0 Å². The van der Waals surface area contributed by atoms with Crippen LogP contribution in [-0.4, -0.2) is 11.4 Å². The van der Waals surface area contributed by atoms with Crippen LogP contribution in [0.4, 0.5) is 0 Å². The number of aryl methyl sites for hydroxylation is 1. The smallest absolute Gasteiger partial charge is 0.0702 e. The van der Waals surface area contributed by atoms with Crippen LogP contribution in [0.25, 0.3) is 6.08 Å². The number of rotatable bonds is 5. The normalized spacial score (nSPS) is 16.9. The second kappa shape index (κ2) is 7.84. The number of hydrogen-bond donors (Lipinski definition) is 0. The highest BCUT2D eigenvalue weighted by atomic mass is 32.1. The highest BCUT2D eigenvalue weighted by molar-refractivity contribution is 7.12. The minimum atomic E-state index is 0.359. The van der Waals surface area contributed by atoms with Gasteiger partial charge in [-0.3, -0.25) is 4.90 Å². The molecule has 1 aromatic heterocycles. The van der Waals surface area contributed by atoms with E-state index in [2.05, 4.69) is 79.9 Å². The lowest BCUT2D eigenvalue weighted by molar-refractivity contribution is 0.207. The molecular weight excluding hydrogens is 346 g/mol. The first-order valence-electron chi connectivity index (χ1n) is 9.82. The van der Waals surface area contributed by atoms with Crippen LogP contribution in [0.1, 0.15) is 50.5 Å². The van der Waals surface area contributed by atoms with Gasteiger partial charge in [-0.2, -0.15) is 0 Å². The molecule has 1 aliphatic heterocycles. The maximum Gasteiger partial charge on any atom is 0.0702 e. The van der Waals surface area contributed by atoms with Crippen LogP contribution in [0.3, 0.4) is 0 Å². The van der Waals surface area contributed by atoms with Gasteiger partial charge < -0.3 is 0 Å². The number of fused-ring (bicyclic) bond motifs is 1. The molecule has 0 spiro atoms. The lowest BCUT2D eigenvalue weighted by Gasteiger charge is -2.36. The molecule has 1 aliphatic rings. The van der Waals surface area contributed by atoms with Crippen molar-refractivity contribution in [3.05, 3.63) is 98.7 Å². The molecule has 27 heavy (non-hydrogen) atoms. The molecule has 0 saturated heterocycles. The van der Waals surface area contributed by atoms with E-state index in [9.17, 15) is 0 Å². The molecule has 3 aromatic rings. The summed E-state index contributed by atoms with van der Waals surface area (Å²) in [6.07, 6.45) is 4.21. The van der Waals surface area contributed by atoms with Gasteiger partial charge in [0.05, 0.1) is 6.04 Å². The fourth-order valence-corrected chi connectivity index (χ4v) is 5.78. The van der Waals surface area contributed by atoms with Gasteiger partial charge in [0.1, 0.15) is 0 Å². The zero-order chi connectivity index (χ0) is 18.8. The Hall–Kier alpha value is -2.16. The maximum absolute atomic E-state index is 3.86. The Labute approximate surface area is 167 Å². The number of benzene rings is 2. The third kappa shape index (κ3) is 3.52. The van der Waals surface area contributed by atoms with E-state index >= 15 is 0 Å². The van der Waals surface area contributed by atoms with Crippen molar-refractivity contribution in [3.63, 3.8) is 0 Å². The number of nitrogens with zero attached hydrogens (tertiary/aromatic N) is 1. The standard InChI is InChI=1S/C25H27NS/c1-4-19-11-13-20(14-12-19)17-26-16-15-23-22(5-2)18(3)27-25(23)24(26)21-9-7-6-8-10-21/h4,6-14,24H,1,5,15-17H2,2-3H3/t24-/m0/s1. The van der Waals surface area contributed by atoms with Crippen molar-refractivity contribution >= 4 is 17.4 Å².